The van der Waals surface area contributed by atoms with Gasteiger partial charge in [-0.1, -0.05) is 6.92 Å². The molecule has 5 nitrogen and oxygen atoms in total. The number of carbonyl (C=O) groups excluding carboxylic acids is 1. The molecule has 0 radical (unpaired) electrons. The van der Waals surface area contributed by atoms with Crippen LogP contribution in [0.25, 0.3) is 0 Å². The molecule has 0 heterocycles. The highest BCUT2D eigenvalue weighted by Gasteiger charge is 2.04. The molecule has 0 bridgehead atoms. The zero-order valence-electron chi connectivity index (χ0n) is 7.12. The van der Waals surface area contributed by atoms with Crippen LogP contribution >= 0.6 is 0 Å². The fourth-order valence-electron chi connectivity index (χ4n) is 0.499. The third-order valence-electron chi connectivity index (χ3n) is 1.26. The van der Waals surface area contributed by atoms with E-state index in [0.717, 1.165) is 0 Å². The molecule has 0 aromatic carbocycles. The molecule has 0 aliphatic carbocycles. The predicted molar refractivity (Wildman–Crippen MR) is 42.7 cm³/mol. The van der Waals surface area contributed by atoms with Crippen molar-refractivity contribution in [2.24, 2.45) is 0 Å². The van der Waals surface area contributed by atoms with Crippen molar-refractivity contribution in [2.75, 3.05) is 19.8 Å². The molecule has 3 N–H and O–H groups in total. The second-order valence-corrected chi connectivity index (χ2v) is 2.31. The van der Waals surface area contributed by atoms with E-state index in [4.69, 9.17) is 10.2 Å². The Hall–Kier alpha value is -0.810. The first-order valence-corrected chi connectivity index (χ1v) is 3.90. The number of aliphatic hydroxyl groups excluding tert-OH is 2. The van der Waals surface area contributed by atoms with E-state index < -0.39 is 12.2 Å². The molecule has 0 saturated carbocycles. The molecule has 1 atom stereocenters. The van der Waals surface area contributed by atoms with Crippen molar-refractivity contribution in [3.8, 4) is 0 Å². The molecule has 1 unspecified atom stereocenters. The van der Waals surface area contributed by atoms with Crippen LogP contribution in [-0.2, 0) is 4.74 Å². The van der Waals surface area contributed by atoms with Crippen molar-refractivity contribution in [3.63, 3.8) is 0 Å². The number of amides is 1. The van der Waals surface area contributed by atoms with Gasteiger partial charge in [0.2, 0.25) is 0 Å². The SMILES string of the molecule is CCC(O)COC(=O)NCCO. The van der Waals surface area contributed by atoms with Gasteiger partial charge in [0.05, 0.1) is 12.7 Å². The Labute approximate surface area is 71.3 Å². The lowest BCUT2D eigenvalue weighted by Crippen LogP contribution is -2.29. The smallest absolute Gasteiger partial charge is 0.407 e. The number of rotatable bonds is 5. The average molecular weight is 177 g/mol. The zero-order chi connectivity index (χ0) is 9.40. The van der Waals surface area contributed by atoms with Gasteiger partial charge in [0.25, 0.3) is 0 Å². The van der Waals surface area contributed by atoms with E-state index in [9.17, 15) is 4.79 Å². The summed E-state index contributed by atoms with van der Waals surface area (Å²) < 4.78 is 4.59. The van der Waals surface area contributed by atoms with Gasteiger partial charge in [-0.3, -0.25) is 0 Å². The summed E-state index contributed by atoms with van der Waals surface area (Å²) in [6.07, 6.45) is -0.672. The second kappa shape index (κ2) is 6.87. The monoisotopic (exact) mass is 177 g/mol. The molecule has 5 heteroatoms. The number of hydrogen-bond acceptors (Lipinski definition) is 4. The van der Waals surface area contributed by atoms with Gasteiger partial charge >= 0.3 is 6.09 Å². The minimum absolute atomic E-state index is 0.00619. The van der Waals surface area contributed by atoms with Gasteiger partial charge < -0.3 is 20.3 Å². The minimum Gasteiger partial charge on any atom is -0.447 e. The lowest BCUT2D eigenvalue weighted by atomic mass is 10.3. The molecule has 0 spiro atoms. The number of hydrogen-bond donors (Lipinski definition) is 3. The van der Waals surface area contributed by atoms with E-state index in [0.29, 0.717) is 6.42 Å². The van der Waals surface area contributed by atoms with Crippen LogP contribution in [0.5, 0.6) is 0 Å². The van der Waals surface area contributed by atoms with Crippen LogP contribution in [-0.4, -0.2) is 42.2 Å². The highest BCUT2D eigenvalue weighted by molar-refractivity contribution is 5.67. The van der Waals surface area contributed by atoms with Gasteiger partial charge in [0.1, 0.15) is 6.61 Å². The first-order chi connectivity index (χ1) is 5.70. The lowest BCUT2D eigenvalue weighted by molar-refractivity contribution is 0.0657. The van der Waals surface area contributed by atoms with Gasteiger partial charge in [0, 0.05) is 6.54 Å². The summed E-state index contributed by atoms with van der Waals surface area (Å²) in [4.78, 5) is 10.7. The summed E-state index contributed by atoms with van der Waals surface area (Å²) in [5, 5.41) is 19.6. The van der Waals surface area contributed by atoms with Crippen molar-refractivity contribution in [1.29, 1.82) is 0 Å². The van der Waals surface area contributed by atoms with Crippen molar-refractivity contribution in [1.82, 2.24) is 5.32 Å². The average Bonchev–Trinajstić information content (AvgIpc) is 2.10. The van der Waals surface area contributed by atoms with Gasteiger partial charge in [-0.2, -0.15) is 0 Å². The standard InChI is InChI=1S/C7H15NO4/c1-2-6(10)5-12-7(11)8-3-4-9/h6,9-10H,2-5H2,1H3,(H,8,11). The molecule has 1 amide bonds. The Kier molecular flexibility index (Phi) is 6.41. The molecule has 0 fully saturated rings. The highest BCUT2D eigenvalue weighted by atomic mass is 16.6. The van der Waals surface area contributed by atoms with Gasteiger partial charge in [-0.05, 0) is 6.42 Å². The summed E-state index contributed by atoms with van der Waals surface area (Å²) in [5.74, 6) is 0. The number of nitrogens with one attached hydrogen (secondary N) is 1. The molecule has 0 saturated heterocycles. The number of carbonyl (C=O) groups is 1. The normalized spacial score (nSPS) is 12.2. The zero-order valence-corrected chi connectivity index (χ0v) is 7.12. The molecule has 72 valence electrons. The molecule has 0 aromatic rings. The van der Waals surface area contributed by atoms with Crippen LogP contribution in [0.4, 0.5) is 4.79 Å². The van der Waals surface area contributed by atoms with Crippen molar-refractivity contribution in [2.45, 2.75) is 19.4 Å². The lowest BCUT2D eigenvalue weighted by Gasteiger charge is -2.08. The summed E-state index contributed by atoms with van der Waals surface area (Å²) in [7, 11) is 0. The first-order valence-electron chi connectivity index (χ1n) is 3.90. The van der Waals surface area contributed by atoms with Gasteiger partial charge in [-0.25, -0.2) is 4.79 Å². The maximum absolute atomic E-state index is 10.7. The largest absolute Gasteiger partial charge is 0.447 e. The van der Waals surface area contributed by atoms with E-state index in [2.05, 4.69) is 10.1 Å². The number of alkyl carbamates (subject to hydrolysis) is 1. The van der Waals surface area contributed by atoms with Crippen molar-refractivity contribution < 1.29 is 19.7 Å². The molecule has 0 aliphatic heterocycles. The minimum atomic E-state index is -0.614. The molecule has 0 aliphatic rings. The molecular formula is C7H15NO4. The Bertz CT molecular complexity index is 129. The topological polar surface area (TPSA) is 78.8 Å². The highest BCUT2D eigenvalue weighted by Crippen LogP contribution is 1.90. The van der Waals surface area contributed by atoms with Crippen LogP contribution in [0.2, 0.25) is 0 Å². The molecule has 0 rings (SSSR count). The van der Waals surface area contributed by atoms with Crippen molar-refractivity contribution >= 4 is 6.09 Å². The quantitative estimate of drug-likeness (QED) is 0.527. The van der Waals surface area contributed by atoms with E-state index in [1.165, 1.54) is 0 Å². The van der Waals surface area contributed by atoms with E-state index in [-0.39, 0.29) is 19.8 Å². The summed E-state index contributed by atoms with van der Waals surface area (Å²) >= 11 is 0. The summed E-state index contributed by atoms with van der Waals surface area (Å²) in [6, 6.07) is 0. The second-order valence-electron chi connectivity index (χ2n) is 2.31. The maximum atomic E-state index is 10.7. The number of aliphatic hydroxyl groups is 2. The van der Waals surface area contributed by atoms with Crippen LogP contribution < -0.4 is 5.32 Å². The Morgan fingerprint density at radius 2 is 2.33 bits per heavy atom. The van der Waals surface area contributed by atoms with Crippen molar-refractivity contribution in [3.05, 3.63) is 0 Å². The molecule has 0 aromatic heterocycles. The Morgan fingerprint density at radius 1 is 1.67 bits per heavy atom. The number of ether oxygens (including phenoxy) is 1. The van der Waals surface area contributed by atoms with Crippen LogP contribution in [0, 0.1) is 0 Å². The van der Waals surface area contributed by atoms with Gasteiger partial charge in [0.15, 0.2) is 0 Å². The molecular weight excluding hydrogens is 162 g/mol. The van der Waals surface area contributed by atoms with E-state index in [1.807, 2.05) is 0 Å². The van der Waals surface area contributed by atoms with Gasteiger partial charge in [-0.15, -0.1) is 0 Å². The van der Waals surface area contributed by atoms with E-state index >= 15 is 0 Å². The third kappa shape index (κ3) is 5.94. The Morgan fingerprint density at radius 3 is 2.83 bits per heavy atom. The van der Waals surface area contributed by atoms with E-state index in [1.54, 1.807) is 6.92 Å². The van der Waals surface area contributed by atoms with Crippen LogP contribution in [0.15, 0.2) is 0 Å². The fraction of sp³-hybridized carbons (Fsp3) is 0.857. The predicted octanol–water partition coefficient (Wildman–Crippen LogP) is -0.524. The third-order valence-corrected chi connectivity index (χ3v) is 1.26. The molecule has 12 heavy (non-hydrogen) atoms. The maximum Gasteiger partial charge on any atom is 0.407 e. The fourth-order valence-corrected chi connectivity index (χ4v) is 0.499. The van der Waals surface area contributed by atoms with Crippen LogP contribution in [0.3, 0.4) is 0 Å². The first kappa shape index (κ1) is 11.2. The Balaban J connectivity index is 3.31. The van der Waals surface area contributed by atoms with Crippen LogP contribution in [0.1, 0.15) is 13.3 Å². The summed E-state index contributed by atoms with van der Waals surface area (Å²) in [5.41, 5.74) is 0. The summed E-state index contributed by atoms with van der Waals surface area (Å²) in [6.45, 7) is 1.83.